The molecule has 0 heterocycles. The average Bonchev–Trinajstić information content (AvgIpc) is 2.84. The first-order valence-corrected chi connectivity index (χ1v) is 11.8. The average molecular weight is 454 g/mol. The van der Waals surface area contributed by atoms with E-state index in [9.17, 15) is 9.18 Å². The fraction of sp³-hybridized carbons (Fsp3) is 0.481. The number of ether oxygens (including phenoxy) is 3. The molecule has 2 aromatic rings. The molecule has 0 saturated heterocycles. The number of unbranched alkanes of at least 4 members (excludes halogenated alkanes) is 3. The Bertz CT molecular complexity index is 930. The number of hydrogen-bond donors (Lipinski definition) is 0. The van der Waals surface area contributed by atoms with Gasteiger partial charge in [-0.25, -0.2) is 9.18 Å². The number of hydrogen-bond acceptors (Lipinski definition) is 5. The summed E-state index contributed by atoms with van der Waals surface area (Å²) in [7, 11) is 0. The molecule has 1 saturated carbocycles. The molecule has 0 radical (unpaired) electrons. The summed E-state index contributed by atoms with van der Waals surface area (Å²) in [6.07, 6.45) is 9.71. The Hall–Kier alpha value is -2.91. The number of carbonyl (C=O) groups is 1. The normalized spacial score (nSPS) is 17.8. The minimum absolute atomic E-state index is 0.0531. The second-order valence-corrected chi connectivity index (χ2v) is 8.55. The van der Waals surface area contributed by atoms with Crippen LogP contribution in [0, 0.1) is 23.1 Å². The van der Waals surface area contributed by atoms with Crippen LogP contribution in [0.1, 0.15) is 74.2 Å². The van der Waals surface area contributed by atoms with Crippen LogP contribution in [-0.4, -0.2) is 25.3 Å². The maximum atomic E-state index is 13.7. The number of rotatable bonds is 11. The Labute approximate surface area is 195 Å². The molecule has 6 heteroatoms. The lowest BCUT2D eigenvalue weighted by atomic mass is 9.88. The molecule has 0 spiro atoms. The van der Waals surface area contributed by atoms with E-state index in [0.717, 1.165) is 44.8 Å². The van der Waals surface area contributed by atoms with E-state index >= 15 is 0 Å². The highest BCUT2D eigenvalue weighted by Crippen LogP contribution is 2.27. The summed E-state index contributed by atoms with van der Waals surface area (Å²) in [4.78, 5) is 12.3. The van der Waals surface area contributed by atoms with Crippen LogP contribution in [0.2, 0.25) is 0 Å². The van der Waals surface area contributed by atoms with Gasteiger partial charge >= 0.3 is 5.97 Å². The lowest BCUT2D eigenvalue weighted by molar-refractivity contribution is 0.0111. The molecule has 0 amide bonds. The predicted octanol–water partition coefficient (Wildman–Crippen LogP) is 6.45. The van der Waals surface area contributed by atoms with Gasteiger partial charge in [0, 0.05) is 12.7 Å². The number of esters is 1. The van der Waals surface area contributed by atoms with Crippen molar-refractivity contribution in [3.63, 3.8) is 0 Å². The summed E-state index contributed by atoms with van der Waals surface area (Å²) in [5.74, 6) is -0.0544. The number of nitriles is 1. The molecule has 0 N–H and O–H groups in total. The molecule has 0 unspecified atom stereocenters. The van der Waals surface area contributed by atoms with Crippen LogP contribution >= 0.6 is 0 Å². The second kappa shape index (κ2) is 13.0. The minimum atomic E-state index is -0.723. The van der Waals surface area contributed by atoms with Crippen LogP contribution in [0.5, 0.6) is 11.5 Å². The van der Waals surface area contributed by atoms with Crippen molar-refractivity contribution in [2.45, 2.75) is 64.4 Å². The third-order valence-corrected chi connectivity index (χ3v) is 5.99. The molecule has 0 aromatic heterocycles. The topological polar surface area (TPSA) is 68.6 Å². The van der Waals surface area contributed by atoms with Crippen LogP contribution in [0.25, 0.3) is 0 Å². The largest absolute Gasteiger partial charge is 0.493 e. The quantitative estimate of drug-likeness (QED) is 0.222. The predicted molar refractivity (Wildman–Crippen MR) is 124 cm³/mol. The molecule has 0 bridgehead atoms. The van der Waals surface area contributed by atoms with Crippen LogP contribution < -0.4 is 9.47 Å². The monoisotopic (exact) mass is 453 g/mol. The van der Waals surface area contributed by atoms with Gasteiger partial charge in [0.15, 0.2) is 0 Å². The molecule has 1 fully saturated rings. The summed E-state index contributed by atoms with van der Waals surface area (Å²) in [6.45, 7) is 3.74. The molecule has 0 aliphatic heterocycles. The Kier molecular flexibility index (Phi) is 9.71. The van der Waals surface area contributed by atoms with Crippen LogP contribution in [0.3, 0.4) is 0 Å². The van der Waals surface area contributed by atoms with E-state index in [4.69, 9.17) is 19.5 Å². The Morgan fingerprint density at radius 1 is 1.03 bits per heavy atom. The zero-order chi connectivity index (χ0) is 23.5. The van der Waals surface area contributed by atoms with E-state index in [1.54, 1.807) is 30.3 Å². The van der Waals surface area contributed by atoms with Crippen molar-refractivity contribution in [2.24, 2.45) is 5.92 Å². The highest BCUT2D eigenvalue weighted by molar-refractivity contribution is 5.91. The summed E-state index contributed by atoms with van der Waals surface area (Å²) < 4.78 is 30.8. The van der Waals surface area contributed by atoms with Gasteiger partial charge in [0.2, 0.25) is 0 Å². The molecular weight excluding hydrogens is 421 g/mol. The van der Waals surface area contributed by atoms with Gasteiger partial charge in [-0.3, -0.25) is 0 Å². The minimum Gasteiger partial charge on any atom is -0.493 e. The summed E-state index contributed by atoms with van der Waals surface area (Å²) in [5, 5.41) is 8.77. The fourth-order valence-corrected chi connectivity index (χ4v) is 3.96. The Morgan fingerprint density at radius 3 is 2.42 bits per heavy atom. The fourth-order valence-electron chi connectivity index (χ4n) is 3.96. The Balaban J connectivity index is 1.38. The number of nitrogens with zero attached hydrogens (tertiary/aromatic N) is 1. The van der Waals surface area contributed by atoms with Gasteiger partial charge in [-0.15, -0.1) is 0 Å². The van der Waals surface area contributed by atoms with Gasteiger partial charge in [0.25, 0.3) is 0 Å². The first kappa shape index (κ1) is 24.7. The molecule has 1 aliphatic rings. The van der Waals surface area contributed by atoms with Crippen molar-refractivity contribution in [2.75, 3.05) is 13.2 Å². The van der Waals surface area contributed by atoms with Gasteiger partial charge in [0.1, 0.15) is 23.4 Å². The van der Waals surface area contributed by atoms with E-state index in [1.807, 2.05) is 0 Å². The molecule has 3 rings (SSSR count). The van der Waals surface area contributed by atoms with E-state index in [0.29, 0.717) is 29.9 Å². The van der Waals surface area contributed by atoms with Gasteiger partial charge in [-0.05, 0) is 74.4 Å². The molecule has 0 atom stereocenters. The third kappa shape index (κ3) is 7.87. The molecule has 5 nitrogen and oxygen atoms in total. The summed E-state index contributed by atoms with van der Waals surface area (Å²) in [6, 6.07) is 12.2. The van der Waals surface area contributed by atoms with Crippen LogP contribution in [0.15, 0.2) is 42.5 Å². The lowest BCUT2D eigenvalue weighted by Crippen LogP contribution is -2.25. The van der Waals surface area contributed by atoms with Gasteiger partial charge in [-0.1, -0.05) is 26.2 Å². The molecule has 2 aromatic carbocycles. The van der Waals surface area contributed by atoms with Crippen molar-refractivity contribution < 1.29 is 23.4 Å². The SMILES string of the molecule is CCCCCCO[C@H]1CC[C@H](COc2ccc(C(=O)Oc3ccc(C#N)c(F)c3)cc2)CC1. The summed E-state index contributed by atoms with van der Waals surface area (Å²) in [5.41, 5.74) is 0.239. The maximum Gasteiger partial charge on any atom is 0.343 e. The summed E-state index contributed by atoms with van der Waals surface area (Å²) >= 11 is 0. The van der Waals surface area contributed by atoms with Gasteiger partial charge in [0.05, 0.1) is 23.8 Å². The van der Waals surface area contributed by atoms with Crippen LogP contribution in [0.4, 0.5) is 4.39 Å². The molecule has 176 valence electrons. The number of benzene rings is 2. The standard InChI is InChI=1S/C27H32FNO4/c1-2-3-4-5-16-31-23-11-6-20(7-12-23)19-32-24-13-8-21(9-14-24)27(30)33-25-15-10-22(18-29)26(28)17-25/h8-10,13-15,17,20,23H,2-7,11-12,16,19H2,1H3/t20-,23-. The van der Waals surface area contributed by atoms with Crippen molar-refractivity contribution in [1.29, 1.82) is 5.26 Å². The van der Waals surface area contributed by atoms with E-state index in [-0.39, 0.29) is 11.3 Å². The molecule has 1 aliphatic carbocycles. The Morgan fingerprint density at radius 2 is 1.76 bits per heavy atom. The molecular formula is C27H32FNO4. The first-order chi connectivity index (χ1) is 16.1. The van der Waals surface area contributed by atoms with Crippen molar-refractivity contribution in [1.82, 2.24) is 0 Å². The lowest BCUT2D eigenvalue weighted by Gasteiger charge is -2.28. The number of halogens is 1. The maximum absolute atomic E-state index is 13.7. The van der Waals surface area contributed by atoms with E-state index in [2.05, 4.69) is 6.92 Å². The smallest absolute Gasteiger partial charge is 0.343 e. The van der Waals surface area contributed by atoms with Crippen molar-refractivity contribution in [3.8, 4) is 17.6 Å². The first-order valence-electron chi connectivity index (χ1n) is 11.8. The van der Waals surface area contributed by atoms with Crippen molar-refractivity contribution >= 4 is 5.97 Å². The van der Waals surface area contributed by atoms with E-state index < -0.39 is 11.8 Å². The van der Waals surface area contributed by atoms with E-state index in [1.165, 1.54) is 31.4 Å². The zero-order valence-corrected chi connectivity index (χ0v) is 19.2. The van der Waals surface area contributed by atoms with Gasteiger partial charge < -0.3 is 14.2 Å². The van der Waals surface area contributed by atoms with Crippen LogP contribution in [-0.2, 0) is 4.74 Å². The number of carbonyl (C=O) groups excluding carboxylic acids is 1. The third-order valence-electron chi connectivity index (χ3n) is 5.99. The molecule has 33 heavy (non-hydrogen) atoms. The van der Waals surface area contributed by atoms with Gasteiger partial charge in [-0.2, -0.15) is 5.26 Å². The zero-order valence-electron chi connectivity index (χ0n) is 19.2. The highest BCUT2D eigenvalue weighted by Gasteiger charge is 2.22. The van der Waals surface area contributed by atoms with Crippen molar-refractivity contribution in [3.05, 3.63) is 59.4 Å². The highest BCUT2D eigenvalue weighted by atomic mass is 19.1. The second-order valence-electron chi connectivity index (χ2n) is 8.55.